The summed E-state index contributed by atoms with van der Waals surface area (Å²) in [6.07, 6.45) is 3.33. The third-order valence-corrected chi connectivity index (χ3v) is 2.67. The number of anilines is 1. The van der Waals surface area contributed by atoms with Crippen LogP contribution in [0, 0.1) is 0 Å². The molecular formula is C9H7Cl2N3. The molecule has 72 valence electrons. The van der Waals surface area contributed by atoms with Crippen LogP contribution < -0.4 is 5.73 Å². The smallest absolute Gasteiger partial charge is 0.204 e. The fourth-order valence-corrected chi connectivity index (χ4v) is 1.58. The number of imidazole rings is 1. The van der Waals surface area contributed by atoms with Gasteiger partial charge in [0.2, 0.25) is 5.95 Å². The molecule has 0 aliphatic carbocycles. The van der Waals surface area contributed by atoms with E-state index in [0.717, 1.165) is 5.69 Å². The zero-order chi connectivity index (χ0) is 10.1. The molecule has 0 radical (unpaired) electrons. The van der Waals surface area contributed by atoms with Crippen LogP contribution in [0.25, 0.3) is 5.69 Å². The van der Waals surface area contributed by atoms with Crippen molar-refractivity contribution in [3.63, 3.8) is 0 Å². The molecule has 0 saturated heterocycles. The van der Waals surface area contributed by atoms with Gasteiger partial charge < -0.3 is 5.73 Å². The Balaban J connectivity index is 2.63. The summed E-state index contributed by atoms with van der Waals surface area (Å²) < 4.78 is 1.67. The monoisotopic (exact) mass is 227 g/mol. The Morgan fingerprint density at radius 1 is 1.29 bits per heavy atom. The summed E-state index contributed by atoms with van der Waals surface area (Å²) in [4.78, 5) is 3.90. The molecule has 0 atom stereocenters. The first-order chi connectivity index (χ1) is 6.70. The van der Waals surface area contributed by atoms with Gasteiger partial charge in [-0.15, -0.1) is 0 Å². The number of halogens is 2. The molecule has 14 heavy (non-hydrogen) atoms. The van der Waals surface area contributed by atoms with Crippen molar-refractivity contribution < 1.29 is 0 Å². The van der Waals surface area contributed by atoms with Crippen molar-refractivity contribution in [3.05, 3.63) is 40.6 Å². The normalized spacial score (nSPS) is 10.4. The van der Waals surface area contributed by atoms with Crippen LogP contribution in [0.15, 0.2) is 30.6 Å². The van der Waals surface area contributed by atoms with Gasteiger partial charge in [-0.3, -0.25) is 4.57 Å². The Morgan fingerprint density at radius 2 is 2.07 bits per heavy atom. The van der Waals surface area contributed by atoms with Crippen LogP contribution in [-0.2, 0) is 0 Å². The third-order valence-electron chi connectivity index (χ3n) is 1.86. The lowest BCUT2D eigenvalue weighted by Gasteiger charge is -2.07. The molecule has 1 aromatic carbocycles. The lowest BCUT2D eigenvalue weighted by Crippen LogP contribution is -2.00. The molecule has 1 aromatic heterocycles. The number of nitrogens with two attached hydrogens (primary N) is 1. The summed E-state index contributed by atoms with van der Waals surface area (Å²) in [5.74, 6) is 0.383. The highest BCUT2D eigenvalue weighted by Crippen LogP contribution is 2.29. The molecule has 0 amide bonds. The van der Waals surface area contributed by atoms with Gasteiger partial charge in [-0.25, -0.2) is 4.98 Å². The van der Waals surface area contributed by atoms with Gasteiger partial charge in [-0.1, -0.05) is 29.3 Å². The SMILES string of the molecule is Nc1nccn1-c1cccc(Cl)c1Cl. The van der Waals surface area contributed by atoms with E-state index >= 15 is 0 Å². The van der Waals surface area contributed by atoms with Gasteiger partial charge >= 0.3 is 0 Å². The second kappa shape index (κ2) is 3.52. The van der Waals surface area contributed by atoms with Crippen LogP contribution in [0.2, 0.25) is 10.0 Å². The Labute approximate surface area is 91.1 Å². The molecule has 0 aliphatic heterocycles. The van der Waals surface area contributed by atoms with Crippen molar-refractivity contribution in [2.75, 3.05) is 5.73 Å². The highest BCUT2D eigenvalue weighted by Gasteiger charge is 2.07. The molecular weight excluding hydrogens is 221 g/mol. The molecule has 0 fully saturated rings. The molecule has 0 saturated carbocycles. The van der Waals surface area contributed by atoms with E-state index in [9.17, 15) is 0 Å². The van der Waals surface area contributed by atoms with Gasteiger partial charge in [0.05, 0.1) is 15.7 Å². The van der Waals surface area contributed by atoms with Crippen molar-refractivity contribution in [2.24, 2.45) is 0 Å². The Kier molecular flexibility index (Phi) is 2.35. The number of benzene rings is 1. The van der Waals surface area contributed by atoms with Gasteiger partial charge in [0.1, 0.15) is 0 Å². The number of nitrogen functional groups attached to an aromatic ring is 1. The maximum absolute atomic E-state index is 6.02. The molecule has 0 spiro atoms. The number of hydrogen-bond acceptors (Lipinski definition) is 2. The van der Waals surface area contributed by atoms with Crippen LogP contribution in [0.4, 0.5) is 5.95 Å². The minimum atomic E-state index is 0.383. The van der Waals surface area contributed by atoms with Crippen molar-refractivity contribution in [1.82, 2.24) is 9.55 Å². The van der Waals surface area contributed by atoms with E-state index in [-0.39, 0.29) is 0 Å². The summed E-state index contributed by atoms with van der Waals surface area (Å²) in [5, 5.41) is 0.969. The van der Waals surface area contributed by atoms with Crippen molar-refractivity contribution in [3.8, 4) is 5.69 Å². The summed E-state index contributed by atoms with van der Waals surface area (Å²) in [6.45, 7) is 0. The second-order valence-electron chi connectivity index (χ2n) is 2.73. The predicted molar refractivity (Wildman–Crippen MR) is 58.0 cm³/mol. The van der Waals surface area contributed by atoms with Crippen LogP contribution in [0.1, 0.15) is 0 Å². The maximum atomic E-state index is 6.02. The highest BCUT2D eigenvalue weighted by atomic mass is 35.5. The van der Waals surface area contributed by atoms with Gasteiger partial charge in [0, 0.05) is 12.4 Å². The lowest BCUT2D eigenvalue weighted by molar-refractivity contribution is 1.07. The van der Waals surface area contributed by atoms with Crippen LogP contribution in [0.3, 0.4) is 0 Å². The minimum absolute atomic E-state index is 0.383. The molecule has 1 heterocycles. The minimum Gasteiger partial charge on any atom is -0.369 e. The standard InChI is InChI=1S/C9H7Cl2N3/c10-6-2-1-3-7(8(6)11)14-5-4-13-9(14)12/h1-5H,(H2,12,13). The number of aromatic nitrogens is 2. The van der Waals surface area contributed by atoms with E-state index in [2.05, 4.69) is 4.98 Å². The fourth-order valence-electron chi connectivity index (χ4n) is 1.20. The second-order valence-corrected chi connectivity index (χ2v) is 3.51. The van der Waals surface area contributed by atoms with Crippen LogP contribution in [-0.4, -0.2) is 9.55 Å². The van der Waals surface area contributed by atoms with Crippen molar-refractivity contribution >= 4 is 29.2 Å². The topological polar surface area (TPSA) is 43.8 Å². The van der Waals surface area contributed by atoms with Crippen molar-refractivity contribution in [2.45, 2.75) is 0 Å². The van der Waals surface area contributed by atoms with Gasteiger partial charge in [-0.2, -0.15) is 0 Å². The summed E-state index contributed by atoms with van der Waals surface area (Å²) in [5.41, 5.74) is 6.37. The summed E-state index contributed by atoms with van der Waals surface area (Å²) in [7, 11) is 0. The van der Waals surface area contributed by atoms with E-state index in [1.54, 1.807) is 23.0 Å². The van der Waals surface area contributed by atoms with Crippen molar-refractivity contribution in [1.29, 1.82) is 0 Å². The number of rotatable bonds is 1. The Hall–Kier alpha value is -1.19. The molecule has 3 nitrogen and oxygen atoms in total. The van der Waals surface area contributed by atoms with E-state index in [0.29, 0.717) is 16.0 Å². The fraction of sp³-hybridized carbons (Fsp3) is 0. The van der Waals surface area contributed by atoms with Crippen LogP contribution >= 0.6 is 23.2 Å². The highest BCUT2D eigenvalue weighted by molar-refractivity contribution is 6.43. The van der Waals surface area contributed by atoms with E-state index in [1.807, 2.05) is 12.1 Å². The molecule has 2 aromatic rings. The molecule has 5 heteroatoms. The largest absolute Gasteiger partial charge is 0.369 e. The van der Waals surface area contributed by atoms with E-state index < -0.39 is 0 Å². The lowest BCUT2D eigenvalue weighted by atomic mass is 10.3. The Bertz CT molecular complexity index is 465. The molecule has 2 N–H and O–H groups in total. The first kappa shape index (κ1) is 9.37. The number of nitrogens with zero attached hydrogens (tertiary/aromatic N) is 2. The number of hydrogen-bond donors (Lipinski definition) is 1. The van der Waals surface area contributed by atoms with Gasteiger partial charge in [0.15, 0.2) is 0 Å². The molecule has 0 bridgehead atoms. The van der Waals surface area contributed by atoms with Gasteiger partial charge in [0.25, 0.3) is 0 Å². The Morgan fingerprint density at radius 3 is 2.71 bits per heavy atom. The summed E-state index contributed by atoms with van der Waals surface area (Å²) >= 11 is 11.9. The predicted octanol–water partition coefficient (Wildman–Crippen LogP) is 2.76. The average molecular weight is 228 g/mol. The zero-order valence-corrected chi connectivity index (χ0v) is 8.63. The van der Waals surface area contributed by atoms with Crippen LogP contribution in [0.5, 0.6) is 0 Å². The van der Waals surface area contributed by atoms with E-state index in [1.165, 1.54) is 0 Å². The molecule has 2 rings (SSSR count). The average Bonchev–Trinajstić information content (AvgIpc) is 2.57. The molecule has 0 aliphatic rings. The van der Waals surface area contributed by atoms with E-state index in [4.69, 9.17) is 28.9 Å². The summed E-state index contributed by atoms with van der Waals surface area (Å²) in [6, 6.07) is 5.36. The quantitative estimate of drug-likeness (QED) is 0.815. The first-order valence-corrected chi connectivity index (χ1v) is 4.69. The third kappa shape index (κ3) is 1.45. The molecule has 0 unspecified atom stereocenters. The van der Waals surface area contributed by atoms with Gasteiger partial charge in [-0.05, 0) is 12.1 Å². The first-order valence-electron chi connectivity index (χ1n) is 3.93. The maximum Gasteiger partial charge on any atom is 0.204 e. The zero-order valence-electron chi connectivity index (χ0n) is 7.11.